The van der Waals surface area contributed by atoms with E-state index in [9.17, 15) is 4.79 Å². The Morgan fingerprint density at radius 3 is 2.54 bits per heavy atom. The molecule has 78 valence electrons. The third kappa shape index (κ3) is 5.64. The Morgan fingerprint density at radius 2 is 2.08 bits per heavy atom. The maximum Gasteiger partial charge on any atom is 0.222 e. The van der Waals surface area contributed by atoms with Gasteiger partial charge >= 0.3 is 0 Å². The van der Waals surface area contributed by atoms with Gasteiger partial charge in [0, 0.05) is 19.1 Å². The lowest BCUT2D eigenvalue weighted by Crippen LogP contribution is -2.33. The van der Waals surface area contributed by atoms with E-state index in [1.165, 1.54) is 0 Å². The van der Waals surface area contributed by atoms with Gasteiger partial charge in [-0.25, -0.2) is 0 Å². The van der Waals surface area contributed by atoms with Crippen LogP contribution in [0.4, 0.5) is 0 Å². The topological polar surface area (TPSA) is 49.3 Å². The highest BCUT2D eigenvalue weighted by atomic mass is 16.3. The van der Waals surface area contributed by atoms with Crippen LogP contribution in [0.1, 0.15) is 33.6 Å². The van der Waals surface area contributed by atoms with Crippen molar-refractivity contribution in [2.24, 2.45) is 11.8 Å². The molecular formula is C10H21NO2. The first-order valence-corrected chi connectivity index (χ1v) is 5.00. The molecule has 3 heteroatoms. The average Bonchev–Trinajstić information content (AvgIpc) is 2.13. The van der Waals surface area contributed by atoms with Gasteiger partial charge in [0.1, 0.15) is 0 Å². The van der Waals surface area contributed by atoms with Gasteiger partial charge in [-0.1, -0.05) is 27.2 Å². The molecule has 2 N–H and O–H groups in total. The van der Waals surface area contributed by atoms with Crippen LogP contribution in [-0.4, -0.2) is 24.2 Å². The molecule has 1 amide bonds. The predicted molar refractivity (Wildman–Crippen MR) is 53.3 cm³/mol. The maximum atomic E-state index is 11.4. The molecule has 0 bridgehead atoms. The standard InChI is InChI=1S/C10H21NO2/c1-4-5-9(3)10(13)11-6-8(2)7-12/h8-9,12H,4-7H2,1-3H3,(H,11,13). The molecule has 2 atom stereocenters. The molecule has 0 aliphatic heterocycles. The van der Waals surface area contributed by atoms with E-state index in [4.69, 9.17) is 5.11 Å². The minimum absolute atomic E-state index is 0.0934. The van der Waals surface area contributed by atoms with E-state index in [-0.39, 0.29) is 24.3 Å². The molecule has 0 spiro atoms. The van der Waals surface area contributed by atoms with E-state index in [1.807, 2.05) is 13.8 Å². The molecule has 0 aromatic heterocycles. The predicted octanol–water partition coefficient (Wildman–Crippen LogP) is 1.17. The van der Waals surface area contributed by atoms with Gasteiger partial charge in [-0.2, -0.15) is 0 Å². The lowest BCUT2D eigenvalue weighted by Gasteiger charge is -2.13. The van der Waals surface area contributed by atoms with Crippen molar-refractivity contribution >= 4 is 5.91 Å². The SMILES string of the molecule is CCCC(C)C(=O)NCC(C)CO. The second-order valence-electron chi connectivity index (χ2n) is 3.72. The van der Waals surface area contributed by atoms with Gasteiger partial charge in [0.2, 0.25) is 5.91 Å². The first-order chi connectivity index (χ1) is 6.11. The number of hydrogen-bond acceptors (Lipinski definition) is 2. The average molecular weight is 187 g/mol. The smallest absolute Gasteiger partial charge is 0.222 e. The van der Waals surface area contributed by atoms with Crippen LogP contribution in [0.5, 0.6) is 0 Å². The summed E-state index contributed by atoms with van der Waals surface area (Å²) in [4.78, 5) is 11.4. The summed E-state index contributed by atoms with van der Waals surface area (Å²) in [5.74, 6) is 0.343. The van der Waals surface area contributed by atoms with Crippen molar-refractivity contribution in [3.8, 4) is 0 Å². The maximum absolute atomic E-state index is 11.4. The molecule has 3 nitrogen and oxygen atoms in total. The number of carbonyl (C=O) groups excluding carboxylic acids is 1. The van der Waals surface area contributed by atoms with Gasteiger partial charge in [0.15, 0.2) is 0 Å². The van der Waals surface area contributed by atoms with Crippen LogP contribution >= 0.6 is 0 Å². The van der Waals surface area contributed by atoms with E-state index < -0.39 is 0 Å². The van der Waals surface area contributed by atoms with E-state index in [2.05, 4.69) is 12.2 Å². The molecule has 0 rings (SSSR count). The highest BCUT2D eigenvalue weighted by molar-refractivity contribution is 5.78. The van der Waals surface area contributed by atoms with Crippen LogP contribution in [0.3, 0.4) is 0 Å². The summed E-state index contributed by atoms with van der Waals surface area (Å²) in [6.45, 7) is 6.61. The summed E-state index contributed by atoms with van der Waals surface area (Å²) in [5, 5.41) is 11.6. The third-order valence-electron chi connectivity index (χ3n) is 2.11. The van der Waals surface area contributed by atoms with Crippen LogP contribution in [0.2, 0.25) is 0 Å². The van der Waals surface area contributed by atoms with Gasteiger partial charge in [0.05, 0.1) is 0 Å². The summed E-state index contributed by atoms with van der Waals surface area (Å²) in [7, 11) is 0. The molecule has 0 aromatic rings. The van der Waals surface area contributed by atoms with Crippen LogP contribution < -0.4 is 5.32 Å². The Balaban J connectivity index is 3.61. The van der Waals surface area contributed by atoms with Gasteiger partial charge < -0.3 is 10.4 Å². The summed E-state index contributed by atoms with van der Waals surface area (Å²) in [6, 6.07) is 0. The molecule has 0 heterocycles. The largest absolute Gasteiger partial charge is 0.396 e. The first-order valence-electron chi connectivity index (χ1n) is 5.00. The quantitative estimate of drug-likeness (QED) is 0.655. The number of hydrogen-bond donors (Lipinski definition) is 2. The lowest BCUT2D eigenvalue weighted by molar-refractivity contribution is -0.124. The van der Waals surface area contributed by atoms with Gasteiger partial charge in [-0.3, -0.25) is 4.79 Å². The van der Waals surface area contributed by atoms with E-state index in [0.717, 1.165) is 12.8 Å². The Labute approximate surface area is 80.5 Å². The molecule has 0 aliphatic rings. The molecule has 0 aliphatic carbocycles. The number of aliphatic hydroxyl groups excluding tert-OH is 1. The van der Waals surface area contributed by atoms with Gasteiger partial charge in [0.25, 0.3) is 0 Å². The fourth-order valence-corrected chi connectivity index (χ4v) is 1.08. The zero-order chi connectivity index (χ0) is 10.3. The number of aliphatic hydroxyl groups is 1. The molecule has 0 fully saturated rings. The summed E-state index contributed by atoms with van der Waals surface area (Å²) >= 11 is 0. The Kier molecular flexibility index (Phi) is 6.59. The Bertz CT molecular complexity index is 148. The van der Waals surface area contributed by atoms with Crippen LogP contribution in [-0.2, 0) is 4.79 Å². The van der Waals surface area contributed by atoms with E-state index in [0.29, 0.717) is 6.54 Å². The van der Waals surface area contributed by atoms with E-state index in [1.54, 1.807) is 0 Å². The minimum atomic E-state index is 0.0934. The highest BCUT2D eigenvalue weighted by Gasteiger charge is 2.11. The van der Waals surface area contributed by atoms with Crippen LogP contribution in [0, 0.1) is 11.8 Å². The number of rotatable bonds is 6. The fourth-order valence-electron chi connectivity index (χ4n) is 1.08. The highest BCUT2D eigenvalue weighted by Crippen LogP contribution is 2.04. The minimum Gasteiger partial charge on any atom is -0.396 e. The monoisotopic (exact) mass is 187 g/mol. The normalized spacial score (nSPS) is 15.1. The molecule has 0 radical (unpaired) electrons. The summed E-state index contributed by atoms with van der Waals surface area (Å²) < 4.78 is 0. The lowest BCUT2D eigenvalue weighted by atomic mass is 10.1. The molecule has 0 saturated heterocycles. The second-order valence-corrected chi connectivity index (χ2v) is 3.72. The van der Waals surface area contributed by atoms with Crippen molar-refractivity contribution in [3.05, 3.63) is 0 Å². The Hall–Kier alpha value is -0.570. The van der Waals surface area contributed by atoms with Crippen molar-refractivity contribution in [3.63, 3.8) is 0 Å². The zero-order valence-corrected chi connectivity index (χ0v) is 8.84. The van der Waals surface area contributed by atoms with Crippen LogP contribution in [0.25, 0.3) is 0 Å². The number of carbonyl (C=O) groups is 1. The molecule has 2 unspecified atom stereocenters. The third-order valence-corrected chi connectivity index (χ3v) is 2.11. The first kappa shape index (κ1) is 12.4. The van der Waals surface area contributed by atoms with Crippen molar-refractivity contribution in [2.45, 2.75) is 33.6 Å². The zero-order valence-electron chi connectivity index (χ0n) is 8.84. The van der Waals surface area contributed by atoms with Crippen molar-refractivity contribution < 1.29 is 9.90 Å². The van der Waals surface area contributed by atoms with E-state index >= 15 is 0 Å². The summed E-state index contributed by atoms with van der Waals surface area (Å²) in [6.07, 6.45) is 1.96. The van der Waals surface area contributed by atoms with Crippen molar-refractivity contribution in [1.82, 2.24) is 5.32 Å². The van der Waals surface area contributed by atoms with Crippen molar-refractivity contribution in [2.75, 3.05) is 13.2 Å². The fraction of sp³-hybridized carbons (Fsp3) is 0.900. The number of nitrogens with one attached hydrogen (secondary N) is 1. The Morgan fingerprint density at radius 1 is 1.46 bits per heavy atom. The molecule has 13 heavy (non-hydrogen) atoms. The second kappa shape index (κ2) is 6.89. The number of amides is 1. The van der Waals surface area contributed by atoms with Crippen molar-refractivity contribution in [1.29, 1.82) is 0 Å². The molecular weight excluding hydrogens is 166 g/mol. The molecule has 0 aromatic carbocycles. The summed E-state index contributed by atoms with van der Waals surface area (Å²) in [5.41, 5.74) is 0. The van der Waals surface area contributed by atoms with Gasteiger partial charge in [-0.05, 0) is 12.3 Å². The van der Waals surface area contributed by atoms with Crippen LogP contribution in [0.15, 0.2) is 0 Å². The molecule has 0 saturated carbocycles. The van der Waals surface area contributed by atoms with Gasteiger partial charge in [-0.15, -0.1) is 0 Å².